The van der Waals surface area contributed by atoms with Gasteiger partial charge in [0, 0.05) is 18.7 Å². The Bertz CT molecular complexity index is 1130. The van der Waals surface area contributed by atoms with Crippen LogP contribution in [0.2, 0.25) is 0 Å². The summed E-state index contributed by atoms with van der Waals surface area (Å²) in [6, 6.07) is 18.2. The number of hydrogen-bond donors (Lipinski definition) is 0. The maximum absolute atomic E-state index is 13.4. The average molecular weight is 403 g/mol. The van der Waals surface area contributed by atoms with Gasteiger partial charge in [0.05, 0.1) is 10.8 Å². The Morgan fingerprint density at radius 2 is 1.97 bits per heavy atom. The maximum Gasteiger partial charge on any atom is 0.264 e. The zero-order valence-electron chi connectivity index (χ0n) is 16.3. The van der Waals surface area contributed by atoms with Crippen LogP contribution in [0, 0.1) is 6.92 Å². The van der Waals surface area contributed by atoms with Crippen LogP contribution in [-0.4, -0.2) is 28.9 Å². The SMILES string of the molecule is Cc1ccc(-c2ccsc2C(=O)N2CCCC(c3nc4ccccc4o3)C2)cc1. The number of carbonyl (C=O) groups is 1. The molecule has 1 aliphatic rings. The van der Waals surface area contributed by atoms with Gasteiger partial charge in [-0.1, -0.05) is 42.0 Å². The highest BCUT2D eigenvalue weighted by Crippen LogP contribution is 2.33. The number of aromatic nitrogens is 1. The van der Waals surface area contributed by atoms with Crippen molar-refractivity contribution in [3.05, 3.63) is 76.3 Å². The number of amides is 1. The van der Waals surface area contributed by atoms with Crippen LogP contribution in [0.3, 0.4) is 0 Å². The van der Waals surface area contributed by atoms with Gasteiger partial charge in [-0.05, 0) is 48.9 Å². The minimum atomic E-state index is 0.108. The summed E-state index contributed by atoms with van der Waals surface area (Å²) in [6.45, 7) is 3.50. The van der Waals surface area contributed by atoms with Gasteiger partial charge in [-0.3, -0.25) is 4.79 Å². The molecule has 0 bridgehead atoms. The minimum absolute atomic E-state index is 0.108. The number of likely N-dealkylation sites (tertiary alicyclic amines) is 1. The van der Waals surface area contributed by atoms with Crippen LogP contribution in [0.4, 0.5) is 0 Å². The number of piperidine rings is 1. The Morgan fingerprint density at radius 1 is 1.14 bits per heavy atom. The normalized spacial score (nSPS) is 17.0. The van der Waals surface area contributed by atoms with Gasteiger partial charge in [-0.2, -0.15) is 0 Å². The lowest BCUT2D eigenvalue weighted by molar-refractivity contribution is 0.0704. The number of para-hydroxylation sites is 2. The van der Waals surface area contributed by atoms with E-state index in [1.54, 1.807) is 0 Å². The molecule has 1 fully saturated rings. The molecule has 146 valence electrons. The van der Waals surface area contributed by atoms with Crippen LogP contribution in [0.1, 0.15) is 39.9 Å². The summed E-state index contributed by atoms with van der Waals surface area (Å²) in [5.74, 6) is 0.993. The van der Waals surface area contributed by atoms with Gasteiger partial charge in [0.2, 0.25) is 0 Å². The van der Waals surface area contributed by atoms with E-state index in [1.165, 1.54) is 16.9 Å². The predicted octanol–water partition coefficient (Wildman–Crippen LogP) is 5.88. The van der Waals surface area contributed by atoms with Gasteiger partial charge < -0.3 is 9.32 Å². The maximum atomic E-state index is 13.4. The van der Waals surface area contributed by atoms with E-state index in [2.05, 4.69) is 36.2 Å². The van der Waals surface area contributed by atoms with Crippen molar-refractivity contribution in [1.82, 2.24) is 9.88 Å². The second-order valence-corrected chi connectivity index (χ2v) is 8.56. The molecule has 1 atom stereocenters. The third kappa shape index (κ3) is 3.47. The number of hydrogen-bond acceptors (Lipinski definition) is 4. The van der Waals surface area contributed by atoms with Gasteiger partial charge in [0.25, 0.3) is 5.91 Å². The summed E-state index contributed by atoms with van der Waals surface area (Å²) in [5.41, 5.74) is 5.02. The molecule has 1 unspecified atom stereocenters. The quantitative estimate of drug-likeness (QED) is 0.430. The van der Waals surface area contributed by atoms with E-state index < -0.39 is 0 Å². The zero-order chi connectivity index (χ0) is 19.8. The molecule has 4 aromatic rings. The first kappa shape index (κ1) is 18.1. The highest BCUT2D eigenvalue weighted by atomic mass is 32.1. The monoisotopic (exact) mass is 402 g/mol. The summed E-state index contributed by atoms with van der Waals surface area (Å²) in [7, 11) is 0. The molecular weight excluding hydrogens is 380 g/mol. The number of benzene rings is 2. The Morgan fingerprint density at radius 3 is 2.79 bits per heavy atom. The molecule has 0 radical (unpaired) electrons. The van der Waals surface area contributed by atoms with E-state index in [0.717, 1.165) is 52.4 Å². The third-order valence-electron chi connectivity index (χ3n) is 5.59. The van der Waals surface area contributed by atoms with Crippen molar-refractivity contribution in [2.75, 3.05) is 13.1 Å². The second-order valence-electron chi connectivity index (χ2n) is 7.64. The molecule has 5 rings (SSSR count). The summed E-state index contributed by atoms with van der Waals surface area (Å²) >= 11 is 1.52. The number of carbonyl (C=O) groups excluding carboxylic acids is 1. The summed E-state index contributed by atoms with van der Waals surface area (Å²) < 4.78 is 5.98. The van der Waals surface area contributed by atoms with E-state index in [1.807, 2.05) is 40.6 Å². The molecule has 4 nitrogen and oxygen atoms in total. The van der Waals surface area contributed by atoms with Crippen molar-refractivity contribution in [2.45, 2.75) is 25.7 Å². The fourth-order valence-electron chi connectivity index (χ4n) is 4.01. The molecule has 0 spiro atoms. The van der Waals surface area contributed by atoms with E-state index in [4.69, 9.17) is 4.42 Å². The Balaban J connectivity index is 1.39. The summed E-state index contributed by atoms with van der Waals surface area (Å²) in [6.07, 6.45) is 1.95. The molecule has 1 aliphatic heterocycles. The molecule has 2 aromatic carbocycles. The van der Waals surface area contributed by atoms with Crippen molar-refractivity contribution in [3.8, 4) is 11.1 Å². The van der Waals surface area contributed by atoms with Crippen LogP contribution in [0.5, 0.6) is 0 Å². The van der Waals surface area contributed by atoms with Crippen molar-refractivity contribution >= 4 is 28.3 Å². The van der Waals surface area contributed by atoms with Crippen LogP contribution < -0.4 is 0 Å². The van der Waals surface area contributed by atoms with Crippen molar-refractivity contribution in [1.29, 1.82) is 0 Å². The first-order chi connectivity index (χ1) is 14.2. The number of rotatable bonds is 3. The lowest BCUT2D eigenvalue weighted by atomic mass is 9.97. The highest BCUT2D eigenvalue weighted by Gasteiger charge is 2.30. The predicted molar refractivity (Wildman–Crippen MR) is 116 cm³/mol. The average Bonchev–Trinajstić information content (AvgIpc) is 3.41. The Kier molecular flexibility index (Phi) is 4.68. The van der Waals surface area contributed by atoms with Crippen LogP contribution in [0.25, 0.3) is 22.2 Å². The molecular formula is C24H22N2O2S. The number of thiophene rings is 1. The lowest BCUT2D eigenvalue weighted by Gasteiger charge is -2.31. The molecule has 0 aliphatic carbocycles. The van der Waals surface area contributed by atoms with E-state index in [-0.39, 0.29) is 11.8 Å². The van der Waals surface area contributed by atoms with E-state index >= 15 is 0 Å². The van der Waals surface area contributed by atoms with Crippen molar-refractivity contribution in [2.24, 2.45) is 0 Å². The smallest absolute Gasteiger partial charge is 0.264 e. The van der Waals surface area contributed by atoms with Crippen molar-refractivity contribution in [3.63, 3.8) is 0 Å². The fourth-order valence-corrected chi connectivity index (χ4v) is 4.89. The molecule has 1 saturated heterocycles. The van der Waals surface area contributed by atoms with Crippen LogP contribution in [-0.2, 0) is 0 Å². The Labute approximate surface area is 173 Å². The van der Waals surface area contributed by atoms with Gasteiger partial charge in [0.15, 0.2) is 11.5 Å². The molecule has 29 heavy (non-hydrogen) atoms. The molecule has 2 aromatic heterocycles. The fraction of sp³-hybridized carbons (Fsp3) is 0.250. The molecule has 1 amide bonds. The third-order valence-corrected chi connectivity index (χ3v) is 6.49. The highest BCUT2D eigenvalue weighted by molar-refractivity contribution is 7.12. The zero-order valence-corrected chi connectivity index (χ0v) is 17.1. The minimum Gasteiger partial charge on any atom is -0.440 e. The standard InChI is InChI=1S/C24H22N2O2S/c1-16-8-10-17(11-9-16)19-12-14-29-22(19)24(27)26-13-4-5-18(15-26)23-25-20-6-2-3-7-21(20)28-23/h2-3,6-12,14,18H,4-5,13,15H2,1H3. The lowest BCUT2D eigenvalue weighted by Crippen LogP contribution is -2.39. The summed E-state index contributed by atoms with van der Waals surface area (Å²) in [5, 5.41) is 2.00. The van der Waals surface area contributed by atoms with E-state index in [0.29, 0.717) is 6.54 Å². The molecule has 0 N–H and O–H groups in total. The first-order valence-corrected chi connectivity index (χ1v) is 10.9. The first-order valence-electron chi connectivity index (χ1n) is 9.98. The largest absolute Gasteiger partial charge is 0.440 e. The van der Waals surface area contributed by atoms with E-state index in [9.17, 15) is 4.79 Å². The molecule has 5 heteroatoms. The van der Waals surface area contributed by atoms with Gasteiger partial charge >= 0.3 is 0 Å². The van der Waals surface area contributed by atoms with Gasteiger partial charge in [-0.15, -0.1) is 11.3 Å². The topological polar surface area (TPSA) is 46.3 Å². The van der Waals surface area contributed by atoms with Crippen LogP contribution >= 0.6 is 11.3 Å². The number of oxazole rings is 1. The second kappa shape index (κ2) is 7.48. The number of nitrogens with zero attached hydrogens (tertiary/aromatic N) is 2. The van der Waals surface area contributed by atoms with Crippen LogP contribution in [0.15, 0.2) is 64.4 Å². The molecule has 0 saturated carbocycles. The summed E-state index contributed by atoms with van der Waals surface area (Å²) in [4.78, 5) is 20.8. The van der Waals surface area contributed by atoms with Crippen molar-refractivity contribution < 1.29 is 9.21 Å². The van der Waals surface area contributed by atoms with Gasteiger partial charge in [-0.25, -0.2) is 4.98 Å². The number of fused-ring (bicyclic) bond motifs is 1. The Hall–Kier alpha value is -2.92. The number of aryl methyl sites for hydroxylation is 1. The molecule has 3 heterocycles. The van der Waals surface area contributed by atoms with Gasteiger partial charge in [0.1, 0.15) is 5.52 Å².